The van der Waals surface area contributed by atoms with E-state index in [0.717, 1.165) is 18.4 Å². The van der Waals surface area contributed by atoms with E-state index in [1.807, 2.05) is 12.3 Å². The lowest BCUT2D eigenvalue weighted by atomic mass is 10.1. The second kappa shape index (κ2) is 4.70. The van der Waals surface area contributed by atoms with Gasteiger partial charge in [-0.3, -0.25) is 4.79 Å². The van der Waals surface area contributed by atoms with Crippen LogP contribution in [0.2, 0.25) is 0 Å². The standard InChI is InChI=1S/C12H16N2O3S/c1-7-5-18-9(10(15)17-2)8(7)14-11(16)12(6-13)3-4-12/h5H,3-4,6,13H2,1-2H3,(H,14,16). The van der Waals surface area contributed by atoms with E-state index in [1.165, 1.54) is 18.4 Å². The van der Waals surface area contributed by atoms with Gasteiger partial charge in [-0.05, 0) is 30.7 Å². The highest BCUT2D eigenvalue weighted by atomic mass is 32.1. The number of methoxy groups -OCH3 is 1. The summed E-state index contributed by atoms with van der Waals surface area (Å²) in [6.07, 6.45) is 1.62. The first-order chi connectivity index (χ1) is 8.54. The SMILES string of the molecule is COC(=O)c1scc(C)c1NC(=O)C1(CN)CC1. The highest BCUT2D eigenvalue weighted by Gasteiger charge is 2.48. The van der Waals surface area contributed by atoms with Gasteiger partial charge < -0.3 is 15.8 Å². The van der Waals surface area contributed by atoms with Crippen LogP contribution in [0.5, 0.6) is 0 Å². The van der Waals surface area contributed by atoms with Crippen molar-refractivity contribution in [1.82, 2.24) is 0 Å². The lowest BCUT2D eigenvalue weighted by Crippen LogP contribution is -2.31. The van der Waals surface area contributed by atoms with Gasteiger partial charge in [0, 0.05) is 6.54 Å². The Morgan fingerprint density at radius 3 is 2.72 bits per heavy atom. The zero-order chi connectivity index (χ0) is 13.3. The van der Waals surface area contributed by atoms with Gasteiger partial charge >= 0.3 is 5.97 Å². The van der Waals surface area contributed by atoms with Crippen molar-refractivity contribution in [3.63, 3.8) is 0 Å². The summed E-state index contributed by atoms with van der Waals surface area (Å²) in [7, 11) is 1.32. The number of hydrogen-bond donors (Lipinski definition) is 2. The predicted octanol–water partition coefficient (Wildman–Crippen LogP) is 1.52. The van der Waals surface area contributed by atoms with Gasteiger partial charge in [-0.15, -0.1) is 11.3 Å². The normalized spacial score (nSPS) is 16.2. The van der Waals surface area contributed by atoms with E-state index in [4.69, 9.17) is 10.5 Å². The van der Waals surface area contributed by atoms with Crippen molar-refractivity contribution < 1.29 is 14.3 Å². The molecular formula is C12H16N2O3S. The van der Waals surface area contributed by atoms with Crippen molar-refractivity contribution in [2.24, 2.45) is 11.1 Å². The monoisotopic (exact) mass is 268 g/mol. The van der Waals surface area contributed by atoms with Crippen LogP contribution < -0.4 is 11.1 Å². The number of ether oxygens (including phenoxy) is 1. The molecule has 0 atom stereocenters. The number of anilines is 1. The summed E-state index contributed by atoms with van der Waals surface area (Å²) in [6.45, 7) is 2.19. The average molecular weight is 268 g/mol. The number of carbonyl (C=O) groups excluding carboxylic acids is 2. The van der Waals surface area contributed by atoms with Gasteiger partial charge in [0.1, 0.15) is 4.88 Å². The van der Waals surface area contributed by atoms with Crippen LogP contribution in [0.1, 0.15) is 28.1 Å². The molecule has 1 aliphatic rings. The molecule has 1 aliphatic carbocycles. The fraction of sp³-hybridized carbons (Fsp3) is 0.500. The van der Waals surface area contributed by atoms with Crippen molar-refractivity contribution in [2.45, 2.75) is 19.8 Å². The van der Waals surface area contributed by atoms with Gasteiger partial charge in [0.25, 0.3) is 0 Å². The summed E-state index contributed by atoms with van der Waals surface area (Å²) in [4.78, 5) is 24.1. The highest BCUT2D eigenvalue weighted by molar-refractivity contribution is 7.12. The van der Waals surface area contributed by atoms with Crippen molar-refractivity contribution in [2.75, 3.05) is 19.0 Å². The van der Waals surface area contributed by atoms with Crippen LogP contribution in [0.25, 0.3) is 0 Å². The lowest BCUT2D eigenvalue weighted by molar-refractivity contribution is -0.120. The fourth-order valence-corrected chi connectivity index (χ4v) is 2.69. The van der Waals surface area contributed by atoms with Crippen LogP contribution in [0.15, 0.2) is 5.38 Å². The van der Waals surface area contributed by atoms with E-state index in [2.05, 4.69) is 5.32 Å². The number of esters is 1. The van der Waals surface area contributed by atoms with Gasteiger partial charge in [0.2, 0.25) is 5.91 Å². The maximum absolute atomic E-state index is 12.1. The Morgan fingerprint density at radius 1 is 1.56 bits per heavy atom. The summed E-state index contributed by atoms with van der Waals surface area (Å²) in [5.74, 6) is -0.530. The molecule has 1 aromatic heterocycles. The summed E-state index contributed by atoms with van der Waals surface area (Å²) in [5, 5.41) is 4.64. The number of thiophene rings is 1. The Bertz CT molecular complexity index is 492. The van der Waals surface area contributed by atoms with Gasteiger partial charge in [0.15, 0.2) is 0 Å². The van der Waals surface area contributed by atoms with Crippen molar-refractivity contribution in [1.29, 1.82) is 0 Å². The zero-order valence-corrected chi connectivity index (χ0v) is 11.2. The molecule has 3 N–H and O–H groups in total. The number of hydrogen-bond acceptors (Lipinski definition) is 5. The summed E-state index contributed by atoms with van der Waals surface area (Å²) in [5.41, 5.74) is 6.60. The molecule has 2 rings (SSSR count). The van der Waals surface area contributed by atoms with E-state index in [-0.39, 0.29) is 5.91 Å². The van der Waals surface area contributed by atoms with Gasteiger partial charge in [-0.25, -0.2) is 4.79 Å². The lowest BCUT2D eigenvalue weighted by Gasteiger charge is -2.13. The molecule has 0 spiro atoms. The topological polar surface area (TPSA) is 81.4 Å². The molecule has 1 fully saturated rings. The van der Waals surface area contributed by atoms with Crippen LogP contribution >= 0.6 is 11.3 Å². The Hall–Kier alpha value is -1.40. The largest absolute Gasteiger partial charge is 0.465 e. The number of nitrogens with two attached hydrogens (primary N) is 1. The molecule has 1 heterocycles. The average Bonchev–Trinajstić information content (AvgIpc) is 3.10. The highest BCUT2D eigenvalue weighted by Crippen LogP contribution is 2.46. The molecule has 0 saturated heterocycles. The van der Waals surface area contributed by atoms with Crippen molar-refractivity contribution in [3.05, 3.63) is 15.8 Å². The van der Waals surface area contributed by atoms with Crippen LogP contribution in [0, 0.1) is 12.3 Å². The van der Waals surface area contributed by atoms with Gasteiger partial charge in [-0.1, -0.05) is 0 Å². The second-order valence-corrected chi connectivity index (χ2v) is 5.43. The zero-order valence-electron chi connectivity index (χ0n) is 10.4. The summed E-state index contributed by atoms with van der Waals surface area (Å²) >= 11 is 1.27. The first-order valence-corrected chi connectivity index (χ1v) is 6.60. The quantitative estimate of drug-likeness (QED) is 0.811. The van der Waals surface area contributed by atoms with E-state index < -0.39 is 11.4 Å². The second-order valence-electron chi connectivity index (χ2n) is 4.55. The third-order valence-corrected chi connectivity index (χ3v) is 4.39. The van der Waals surface area contributed by atoms with Crippen LogP contribution in [-0.2, 0) is 9.53 Å². The third-order valence-electron chi connectivity index (χ3n) is 3.31. The minimum absolute atomic E-state index is 0.100. The predicted molar refractivity (Wildman–Crippen MR) is 69.7 cm³/mol. The Labute approximate surface area is 109 Å². The molecule has 5 nitrogen and oxygen atoms in total. The minimum atomic E-state index is -0.430. The van der Waals surface area contributed by atoms with Crippen LogP contribution in [0.4, 0.5) is 5.69 Å². The first-order valence-electron chi connectivity index (χ1n) is 5.72. The minimum Gasteiger partial charge on any atom is -0.465 e. The molecule has 0 aliphatic heterocycles. The van der Waals surface area contributed by atoms with Crippen molar-refractivity contribution in [3.8, 4) is 0 Å². The molecule has 0 aromatic carbocycles. The number of amides is 1. The Kier molecular flexibility index (Phi) is 3.41. The fourth-order valence-electron chi connectivity index (χ4n) is 1.76. The number of nitrogens with one attached hydrogen (secondary N) is 1. The molecular weight excluding hydrogens is 252 g/mol. The van der Waals surface area contributed by atoms with E-state index in [1.54, 1.807) is 0 Å². The maximum atomic E-state index is 12.1. The van der Waals surface area contributed by atoms with Gasteiger partial charge in [-0.2, -0.15) is 0 Å². The third kappa shape index (κ3) is 2.13. The maximum Gasteiger partial charge on any atom is 0.350 e. The molecule has 18 heavy (non-hydrogen) atoms. The van der Waals surface area contributed by atoms with E-state index in [0.29, 0.717) is 17.1 Å². The molecule has 98 valence electrons. The first kappa shape index (κ1) is 13.0. The number of aryl methyl sites for hydroxylation is 1. The molecule has 0 bridgehead atoms. The Balaban J connectivity index is 2.21. The smallest absolute Gasteiger partial charge is 0.350 e. The molecule has 1 amide bonds. The number of carbonyl (C=O) groups is 2. The summed E-state index contributed by atoms with van der Waals surface area (Å²) < 4.78 is 4.69. The Morgan fingerprint density at radius 2 is 2.22 bits per heavy atom. The van der Waals surface area contributed by atoms with E-state index >= 15 is 0 Å². The number of rotatable bonds is 4. The van der Waals surface area contributed by atoms with Crippen LogP contribution in [0.3, 0.4) is 0 Å². The molecule has 6 heteroatoms. The van der Waals surface area contributed by atoms with Crippen molar-refractivity contribution >= 4 is 28.9 Å². The van der Waals surface area contributed by atoms with Crippen LogP contribution in [-0.4, -0.2) is 25.5 Å². The molecule has 1 saturated carbocycles. The molecule has 1 aromatic rings. The summed E-state index contributed by atoms with van der Waals surface area (Å²) in [6, 6.07) is 0. The van der Waals surface area contributed by atoms with E-state index in [9.17, 15) is 9.59 Å². The van der Waals surface area contributed by atoms with Gasteiger partial charge in [0.05, 0.1) is 18.2 Å². The molecule has 0 unspecified atom stereocenters. The molecule has 0 radical (unpaired) electrons.